The first-order valence-corrected chi connectivity index (χ1v) is 13.5. The van der Waals surface area contributed by atoms with Gasteiger partial charge in [-0.25, -0.2) is 0 Å². The summed E-state index contributed by atoms with van der Waals surface area (Å²) in [5.41, 5.74) is 6.13. The van der Waals surface area contributed by atoms with Crippen LogP contribution in [-0.2, 0) is 38.0 Å². The molecule has 4 aromatic carbocycles. The Kier molecular flexibility index (Phi) is 14.5. The summed E-state index contributed by atoms with van der Waals surface area (Å²) < 4.78 is 0. The number of phenolic OH excluding ortho intramolecular Hbond substituents is 1. The van der Waals surface area contributed by atoms with Crippen LogP contribution in [-0.4, -0.2) is 27.3 Å². The zero-order chi connectivity index (χ0) is 28.1. The van der Waals surface area contributed by atoms with Gasteiger partial charge >= 0.3 is 0 Å². The molecule has 0 bridgehead atoms. The van der Waals surface area contributed by atoms with Crippen LogP contribution in [0.5, 0.6) is 5.75 Å². The van der Waals surface area contributed by atoms with E-state index in [0.717, 1.165) is 5.56 Å². The number of aromatic hydroxyl groups is 1. The van der Waals surface area contributed by atoms with Gasteiger partial charge in [0, 0.05) is 49.6 Å². The summed E-state index contributed by atoms with van der Waals surface area (Å²) in [6.07, 6.45) is -0.167. The minimum Gasteiger partial charge on any atom is -0.870 e. The molecule has 220 valence electrons. The summed E-state index contributed by atoms with van der Waals surface area (Å²) in [5.74, 6) is 0.348. The third-order valence-electron chi connectivity index (χ3n) is 7.59. The minimum absolute atomic E-state index is 0. The SMILES string of the molecule is CC(C)(c1ccccc1)c1ccc(O)c(C(C)(C)c2ccccc2)c1C(C)(C)c1ccccc1.CC(C)O.[OH-].[OH-].[Ti]. The van der Waals surface area contributed by atoms with Crippen LogP contribution in [0.15, 0.2) is 103 Å². The van der Waals surface area contributed by atoms with Gasteiger partial charge in [-0.05, 0) is 47.7 Å². The topological polar surface area (TPSA) is 100 Å². The molecule has 0 unspecified atom stereocenters. The Morgan fingerprint density at radius 2 is 0.780 bits per heavy atom. The minimum atomic E-state index is -0.393. The zero-order valence-electron chi connectivity index (χ0n) is 25.7. The number of rotatable bonds is 6. The van der Waals surface area contributed by atoms with Crippen molar-refractivity contribution in [3.8, 4) is 5.75 Å². The number of hydrogen-bond acceptors (Lipinski definition) is 4. The quantitative estimate of drug-likeness (QED) is 0.220. The molecule has 0 saturated heterocycles. The summed E-state index contributed by atoms with van der Waals surface area (Å²) in [4.78, 5) is 0. The van der Waals surface area contributed by atoms with Gasteiger partial charge in [0.2, 0.25) is 0 Å². The second-order valence-electron chi connectivity index (χ2n) is 11.9. The molecule has 4 aromatic rings. The van der Waals surface area contributed by atoms with Gasteiger partial charge in [-0.2, -0.15) is 0 Å². The molecule has 0 atom stereocenters. The number of hydrogen-bond donors (Lipinski definition) is 2. The third kappa shape index (κ3) is 8.41. The van der Waals surface area contributed by atoms with E-state index < -0.39 is 5.41 Å². The van der Waals surface area contributed by atoms with Gasteiger partial charge in [0.05, 0.1) is 0 Å². The van der Waals surface area contributed by atoms with Gasteiger partial charge in [-0.3, -0.25) is 0 Å². The first-order chi connectivity index (χ1) is 17.8. The fourth-order valence-electron chi connectivity index (χ4n) is 5.40. The third-order valence-corrected chi connectivity index (χ3v) is 7.59. The molecule has 0 amide bonds. The van der Waals surface area contributed by atoms with Crippen molar-refractivity contribution >= 4 is 0 Å². The molecule has 0 saturated carbocycles. The van der Waals surface area contributed by atoms with Crippen LogP contribution in [0.2, 0.25) is 0 Å². The molecule has 0 heterocycles. The van der Waals surface area contributed by atoms with Crippen molar-refractivity contribution < 1.29 is 42.9 Å². The van der Waals surface area contributed by atoms with Crippen LogP contribution in [0.25, 0.3) is 0 Å². The van der Waals surface area contributed by atoms with E-state index in [4.69, 9.17) is 5.11 Å². The van der Waals surface area contributed by atoms with E-state index in [9.17, 15) is 5.11 Å². The van der Waals surface area contributed by atoms with Crippen molar-refractivity contribution in [3.05, 3.63) is 137 Å². The maximum Gasteiger partial charge on any atom is 0.119 e. The van der Waals surface area contributed by atoms with Crippen molar-refractivity contribution in [1.82, 2.24) is 0 Å². The molecule has 4 N–H and O–H groups in total. The average Bonchev–Trinajstić information content (AvgIpc) is 2.89. The first kappa shape index (κ1) is 38.3. The van der Waals surface area contributed by atoms with Crippen LogP contribution in [0.3, 0.4) is 0 Å². The van der Waals surface area contributed by atoms with Gasteiger partial charge in [0.25, 0.3) is 0 Å². The van der Waals surface area contributed by atoms with Crippen LogP contribution >= 0.6 is 0 Å². The molecule has 0 radical (unpaired) electrons. The van der Waals surface area contributed by atoms with Crippen molar-refractivity contribution in [2.24, 2.45) is 0 Å². The van der Waals surface area contributed by atoms with Crippen LogP contribution in [0, 0.1) is 0 Å². The maximum absolute atomic E-state index is 11.5. The molecule has 0 spiro atoms. The second-order valence-corrected chi connectivity index (χ2v) is 11.9. The van der Waals surface area contributed by atoms with Gasteiger partial charge in [-0.15, -0.1) is 0 Å². The Balaban J connectivity index is 0.00000215. The monoisotopic (exact) mass is 590 g/mol. The predicted molar refractivity (Wildman–Crippen MR) is 165 cm³/mol. The number of aliphatic hydroxyl groups excluding tert-OH is 1. The smallest absolute Gasteiger partial charge is 0.119 e. The van der Waals surface area contributed by atoms with Gasteiger partial charge < -0.3 is 21.2 Å². The summed E-state index contributed by atoms with van der Waals surface area (Å²) in [6.45, 7) is 17.0. The molecule has 0 aliphatic carbocycles. The Morgan fingerprint density at radius 3 is 1.12 bits per heavy atom. The fraction of sp³-hybridized carbons (Fsp3) is 0.333. The summed E-state index contributed by atoms with van der Waals surface area (Å²) in [5, 5.41) is 19.5. The van der Waals surface area contributed by atoms with E-state index in [1.165, 1.54) is 27.8 Å². The van der Waals surface area contributed by atoms with E-state index in [2.05, 4.69) is 133 Å². The fourth-order valence-corrected chi connectivity index (χ4v) is 5.40. The van der Waals surface area contributed by atoms with E-state index in [0.29, 0.717) is 5.75 Å². The van der Waals surface area contributed by atoms with E-state index in [1.807, 2.05) is 12.1 Å². The number of benzene rings is 4. The van der Waals surface area contributed by atoms with Crippen molar-refractivity contribution in [2.45, 2.75) is 77.7 Å². The molecule has 4 nitrogen and oxygen atoms in total. The van der Waals surface area contributed by atoms with Crippen molar-refractivity contribution in [3.63, 3.8) is 0 Å². The van der Waals surface area contributed by atoms with Gasteiger partial charge in [0.15, 0.2) is 0 Å². The molecule has 0 aliphatic heterocycles. The number of aliphatic hydroxyl groups is 1. The molecule has 5 heteroatoms. The average molecular weight is 591 g/mol. The second kappa shape index (κ2) is 15.5. The molecule has 0 aliphatic rings. The van der Waals surface area contributed by atoms with Crippen LogP contribution in [0.4, 0.5) is 0 Å². The maximum atomic E-state index is 11.5. The number of phenols is 1. The Labute approximate surface area is 262 Å². The molecule has 0 fully saturated rings. The van der Waals surface area contributed by atoms with E-state index in [1.54, 1.807) is 13.8 Å². The summed E-state index contributed by atoms with van der Waals surface area (Å²) >= 11 is 0. The van der Waals surface area contributed by atoms with Crippen molar-refractivity contribution in [2.75, 3.05) is 0 Å². The molecule has 0 aromatic heterocycles. The van der Waals surface area contributed by atoms with Crippen LogP contribution < -0.4 is 0 Å². The molecular formula is C36H46O4Ti-2. The van der Waals surface area contributed by atoms with Gasteiger partial charge in [0.1, 0.15) is 5.75 Å². The van der Waals surface area contributed by atoms with E-state index >= 15 is 0 Å². The molecular weight excluding hydrogens is 544 g/mol. The largest absolute Gasteiger partial charge is 0.870 e. The first-order valence-electron chi connectivity index (χ1n) is 13.5. The zero-order valence-corrected chi connectivity index (χ0v) is 27.2. The molecule has 41 heavy (non-hydrogen) atoms. The molecule has 4 rings (SSSR count). The normalized spacial score (nSPS) is 11.3. The summed E-state index contributed by atoms with van der Waals surface area (Å²) in [6, 6.07) is 35.9. The van der Waals surface area contributed by atoms with E-state index in [-0.39, 0.29) is 49.6 Å². The van der Waals surface area contributed by atoms with Gasteiger partial charge in [-0.1, -0.05) is 139 Å². The van der Waals surface area contributed by atoms with Crippen molar-refractivity contribution in [1.29, 1.82) is 0 Å². The Bertz CT molecular complexity index is 1310. The Morgan fingerprint density at radius 1 is 0.488 bits per heavy atom. The standard InChI is InChI=1S/C33H36O.C3H8O.2H2O.Ti/c1-31(2,24-16-10-7-11-17-24)27-22-23-28(34)30(33(5,6)26-20-14-9-15-21-26)29(27)32(3,4)25-18-12-8-13-19-25;1-3(2)4;;;/h7-23,34H,1-6H3;3-4H,1-2H3;2*1H2;/p-2. The predicted octanol–water partition coefficient (Wildman–Crippen LogP) is 8.40. The van der Waals surface area contributed by atoms with Crippen LogP contribution in [0.1, 0.15) is 88.8 Å². The summed E-state index contributed by atoms with van der Waals surface area (Å²) in [7, 11) is 0. The Hall–Kier alpha value is -2.73.